The molecule has 0 aliphatic heterocycles. The second kappa shape index (κ2) is 5.27. The number of aldehydes is 1. The number of carbonyl (C=O) groups is 1. The Balaban J connectivity index is 2.44. The summed E-state index contributed by atoms with van der Waals surface area (Å²) in [5.41, 5.74) is 1.39. The van der Waals surface area contributed by atoms with Gasteiger partial charge in [0, 0.05) is 11.1 Å². The largest absolute Gasteiger partial charge is 0.481 e. The van der Waals surface area contributed by atoms with E-state index in [0.717, 1.165) is 11.8 Å². The highest BCUT2D eigenvalue weighted by molar-refractivity contribution is 5.76. The molecule has 1 heterocycles. The summed E-state index contributed by atoms with van der Waals surface area (Å²) >= 11 is 0. The lowest BCUT2D eigenvalue weighted by Gasteiger charge is -2.06. The number of hydrogen-bond donors (Lipinski definition) is 0. The van der Waals surface area contributed by atoms with E-state index in [4.69, 9.17) is 9.47 Å². The fourth-order valence-corrected chi connectivity index (χ4v) is 1.45. The third kappa shape index (κ3) is 2.45. The summed E-state index contributed by atoms with van der Waals surface area (Å²) in [5, 5.41) is 0. The summed E-state index contributed by atoms with van der Waals surface area (Å²) in [5.74, 6) is 1.34. The van der Waals surface area contributed by atoms with Crippen molar-refractivity contribution in [2.24, 2.45) is 0 Å². The summed E-state index contributed by atoms with van der Waals surface area (Å²) in [6.07, 6.45) is 0.788. The molecule has 92 valence electrons. The van der Waals surface area contributed by atoms with Crippen LogP contribution in [-0.4, -0.2) is 30.5 Å². The number of methoxy groups -OCH3 is 2. The fraction of sp³-hybridized carbons (Fsp3) is 0.154. The van der Waals surface area contributed by atoms with E-state index in [-0.39, 0.29) is 0 Å². The molecule has 0 saturated carbocycles. The number of nitrogens with zero attached hydrogens (tertiary/aromatic N) is 2. The highest BCUT2D eigenvalue weighted by Gasteiger charge is 2.07. The summed E-state index contributed by atoms with van der Waals surface area (Å²) in [6.45, 7) is 0. The van der Waals surface area contributed by atoms with Gasteiger partial charge in [0.1, 0.15) is 6.29 Å². The quantitative estimate of drug-likeness (QED) is 0.769. The van der Waals surface area contributed by atoms with Gasteiger partial charge in [0.2, 0.25) is 11.8 Å². The monoisotopic (exact) mass is 244 g/mol. The first-order chi connectivity index (χ1) is 8.76. The maximum Gasteiger partial charge on any atom is 0.220 e. The third-order valence-electron chi connectivity index (χ3n) is 2.40. The molecule has 0 aliphatic rings. The Hall–Kier alpha value is -2.43. The van der Waals surface area contributed by atoms with Crippen LogP contribution in [0.1, 0.15) is 10.4 Å². The Labute approximate surface area is 104 Å². The molecular formula is C13H12N2O3. The van der Waals surface area contributed by atoms with Crippen molar-refractivity contribution < 1.29 is 14.3 Å². The predicted molar refractivity (Wildman–Crippen MR) is 66.0 cm³/mol. The summed E-state index contributed by atoms with van der Waals surface area (Å²) in [7, 11) is 3.06. The predicted octanol–water partition coefficient (Wildman–Crippen LogP) is 1.97. The molecule has 0 amide bonds. The lowest BCUT2D eigenvalue weighted by atomic mass is 10.1. The van der Waals surface area contributed by atoms with E-state index >= 15 is 0 Å². The molecule has 0 fully saturated rings. The minimum atomic E-state index is 0.427. The van der Waals surface area contributed by atoms with Crippen LogP contribution in [0.25, 0.3) is 11.4 Å². The number of aromatic nitrogens is 2. The first-order valence-corrected chi connectivity index (χ1v) is 5.29. The zero-order valence-electron chi connectivity index (χ0n) is 10.1. The van der Waals surface area contributed by atoms with E-state index in [0.29, 0.717) is 23.1 Å². The number of hydrogen-bond acceptors (Lipinski definition) is 5. The van der Waals surface area contributed by atoms with Crippen molar-refractivity contribution in [1.82, 2.24) is 9.97 Å². The molecule has 5 heteroatoms. The smallest absolute Gasteiger partial charge is 0.220 e. The Bertz CT molecular complexity index is 530. The fourth-order valence-electron chi connectivity index (χ4n) is 1.45. The van der Waals surface area contributed by atoms with Crippen molar-refractivity contribution in [1.29, 1.82) is 0 Å². The van der Waals surface area contributed by atoms with Gasteiger partial charge in [-0.15, -0.1) is 0 Å². The first-order valence-electron chi connectivity index (χ1n) is 5.29. The van der Waals surface area contributed by atoms with Gasteiger partial charge in [-0.2, -0.15) is 9.97 Å². The molecule has 0 radical (unpaired) electrons. The molecule has 2 aromatic rings. The number of carbonyl (C=O) groups excluding carboxylic acids is 1. The zero-order chi connectivity index (χ0) is 13.0. The van der Waals surface area contributed by atoms with Crippen LogP contribution in [0.3, 0.4) is 0 Å². The van der Waals surface area contributed by atoms with E-state index < -0.39 is 0 Å². The molecule has 0 N–H and O–H groups in total. The lowest BCUT2D eigenvalue weighted by Crippen LogP contribution is -1.97. The number of ether oxygens (including phenoxy) is 2. The maximum atomic E-state index is 10.6. The topological polar surface area (TPSA) is 61.3 Å². The van der Waals surface area contributed by atoms with Gasteiger partial charge in [0.05, 0.1) is 20.3 Å². The van der Waals surface area contributed by atoms with E-state index in [1.807, 2.05) is 0 Å². The molecule has 2 rings (SSSR count). The van der Waals surface area contributed by atoms with Crippen molar-refractivity contribution in [3.8, 4) is 23.1 Å². The van der Waals surface area contributed by atoms with Gasteiger partial charge in [0.25, 0.3) is 0 Å². The van der Waals surface area contributed by atoms with Crippen LogP contribution in [-0.2, 0) is 0 Å². The molecule has 0 saturated heterocycles. The Morgan fingerprint density at radius 3 is 2.00 bits per heavy atom. The lowest BCUT2D eigenvalue weighted by molar-refractivity contribution is 0.112. The number of rotatable bonds is 4. The average molecular weight is 244 g/mol. The standard InChI is InChI=1S/C13H12N2O3/c1-17-11-7-12(18-2)15-13(14-11)10-5-3-9(8-16)4-6-10/h3-8H,1-2H3. The van der Waals surface area contributed by atoms with E-state index in [9.17, 15) is 4.79 Å². The van der Waals surface area contributed by atoms with Crippen molar-refractivity contribution >= 4 is 6.29 Å². The first kappa shape index (κ1) is 12.0. The van der Waals surface area contributed by atoms with Crippen LogP contribution in [0.5, 0.6) is 11.8 Å². The van der Waals surface area contributed by atoms with Gasteiger partial charge in [-0.25, -0.2) is 0 Å². The molecular weight excluding hydrogens is 232 g/mol. The Morgan fingerprint density at radius 2 is 1.56 bits per heavy atom. The van der Waals surface area contributed by atoms with Gasteiger partial charge >= 0.3 is 0 Å². The van der Waals surface area contributed by atoms with Crippen molar-refractivity contribution in [2.75, 3.05) is 14.2 Å². The molecule has 0 spiro atoms. The van der Waals surface area contributed by atoms with Gasteiger partial charge in [-0.3, -0.25) is 4.79 Å². The maximum absolute atomic E-state index is 10.6. The molecule has 0 unspecified atom stereocenters. The second-order valence-corrected chi connectivity index (χ2v) is 3.52. The SMILES string of the molecule is COc1cc(OC)nc(-c2ccc(C=O)cc2)n1. The molecule has 1 aromatic heterocycles. The minimum absolute atomic E-state index is 0.427. The van der Waals surface area contributed by atoms with Gasteiger partial charge in [0.15, 0.2) is 5.82 Å². The number of benzene rings is 1. The normalized spacial score (nSPS) is 9.89. The van der Waals surface area contributed by atoms with Crippen LogP contribution in [0, 0.1) is 0 Å². The van der Waals surface area contributed by atoms with Gasteiger partial charge in [-0.05, 0) is 0 Å². The molecule has 0 atom stereocenters. The molecule has 0 bridgehead atoms. The summed E-state index contributed by atoms with van der Waals surface area (Å²) in [6, 6.07) is 8.56. The van der Waals surface area contributed by atoms with Gasteiger partial charge in [-0.1, -0.05) is 24.3 Å². The van der Waals surface area contributed by atoms with E-state index in [2.05, 4.69) is 9.97 Å². The van der Waals surface area contributed by atoms with Crippen molar-refractivity contribution in [3.63, 3.8) is 0 Å². The summed E-state index contributed by atoms with van der Waals surface area (Å²) < 4.78 is 10.2. The van der Waals surface area contributed by atoms with Crippen molar-refractivity contribution in [2.45, 2.75) is 0 Å². The van der Waals surface area contributed by atoms with E-state index in [1.165, 1.54) is 14.2 Å². The highest BCUT2D eigenvalue weighted by atomic mass is 16.5. The van der Waals surface area contributed by atoms with Crippen molar-refractivity contribution in [3.05, 3.63) is 35.9 Å². The van der Waals surface area contributed by atoms with Crippen LogP contribution in [0.2, 0.25) is 0 Å². The van der Waals surface area contributed by atoms with Crippen LogP contribution >= 0.6 is 0 Å². The second-order valence-electron chi connectivity index (χ2n) is 3.52. The molecule has 0 aliphatic carbocycles. The molecule has 18 heavy (non-hydrogen) atoms. The molecule has 1 aromatic carbocycles. The minimum Gasteiger partial charge on any atom is -0.481 e. The van der Waals surface area contributed by atoms with Crippen LogP contribution in [0.15, 0.2) is 30.3 Å². The van der Waals surface area contributed by atoms with Gasteiger partial charge < -0.3 is 9.47 Å². The zero-order valence-corrected chi connectivity index (χ0v) is 10.1. The van der Waals surface area contributed by atoms with Crippen LogP contribution in [0.4, 0.5) is 0 Å². The molecule has 5 nitrogen and oxygen atoms in total. The highest BCUT2D eigenvalue weighted by Crippen LogP contribution is 2.22. The third-order valence-corrected chi connectivity index (χ3v) is 2.40. The van der Waals surface area contributed by atoms with Crippen LogP contribution < -0.4 is 9.47 Å². The Morgan fingerprint density at radius 1 is 1.00 bits per heavy atom. The average Bonchev–Trinajstić information content (AvgIpc) is 2.46. The Kier molecular flexibility index (Phi) is 3.52. The van der Waals surface area contributed by atoms with E-state index in [1.54, 1.807) is 30.3 Å². The summed E-state index contributed by atoms with van der Waals surface area (Å²) in [4.78, 5) is 19.0.